The minimum atomic E-state index is 0.325. The van der Waals surface area contributed by atoms with E-state index in [9.17, 15) is 4.79 Å². The fraction of sp³-hybridized carbons (Fsp3) is 0.714. The Morgan fingerprint density at radius 2 is 2.20 bits per heavy atom. The molecule has 1 nitrogen and oxygen atoms in total. The molecule has 0 N–H and O–H groups in total. The van der Waals surface area contributed by atoms with Crippen LogP contribution >= 0.6 is 0 Å². The summed E-state index contributed by atoms with van der Waals surface area (Å²) in [5, 5.41) is 0. The predicted molar refractivity (Wildman–Crippen MR) is 63.6 cm³/mol. The van der Waals surface area contributed by atoms with Gasteiger partial charge in [0.05, 0.1) is 0 Å². The van der Waals surface area contributed by atoms with Gasteiger partial charge in [0.15, 0.2) is 0 Å². The molecule has 0 aromatic rings. The molecule has 1 aliphatic rings. The fourth-order valence-corrected chi connectivity index (χ4v) is 2.72. The summed E-state index contributed by atoms with van der Waals surface area (Å²) in [7, 11) is 0. The van der Waals surface area contributed by atoms with Gasteiger partial charge in [-0.05, 0) is 29.7 Å². The maximum Gasteiger partial charge on any atom is 0.120 e. The standard InChI is InChI=1S/C14H22O/c1-4-13(12(3)9-10-15)14-8-6-5-7-11(14)2/h10-12,14H,1,5-9H2,2-3H3. The van der Waals surface area contributed by atoms with E-state index in [1.54, 1.807) is 0 Å². The Morgan fingerprint density at radius 1 is 1.53 bits per heavy atom. The zero-order valence-electron chi connectivity index (χ0n) is 9.96. The third-order valence-corrected chi connectivity index (χ3v) is 3.70. The predicted octanol–water partition coefficient (Wildman–Crippen LogP) is 3.75. The second-order valence-electron chi connectivity index (χ2n) is 4.80. The minimum Gasteiger partial charge on any atom is -0.303 e. The normalized spacial score (nSPS) is 27.9. The van der Waals surface area contributed by atoms with Gasteiger partial charge in [0, 0.05) is 6.42 Å². The molecule has 1 rings (SSSR count). The molecular weight excluding hydrogens is 184 g/mol. The van der Waals surface area contributed by atoms with Crippen LogP contribution in [0.15, 0.2) is 17.9 Å². The molecule has 1 saturated carbocycles. The van der Waals surface area contributed by atoms with E-state index in [0.29, 0.717) is 18.3 Å². The highest BCUT2D eigenvalue weighted by atomic mass is 16.1. The van der Waals surface area contributed by atoms with Crippen molar-refractivity contribution in [1.29, 1.82) is 0 Å². The van der Waals surface area contributed by atoms with Crippen molar-refractivity contribution in [2.45, 2.75) is 46.0 Å². The quantitative estimate of drug-likeness (QED) is 0.506. The molecule has 3 atom stereocenters. The second-order valence-corrected chi connectivity index (χ2v) is 4.80. The first-order valence-corrected chi connectivity index (χ1v) is 6.04. The fourth-order valence-electron chi connectivity index (χ4n) is 2.72. The largest absolute Gasteiger partial charge is 0.303 e. The van der Waals surface area contributed by atoms with E-state index in [4.69, 9.17) is 0 Å². The van der Waals surface area contributed by atoms with E-state index in [2.05, 4.69) is 26.2 Å². The van der Waals surface area contributed by atoms with Crippen LogP contribution in [0, 0.1) is 17.8 Å². The van der Waals surface area contributed by atoms with Crippen LogP contribution < -0.4 is 0 Å². The van der Waals surface area contributed by atoms with Crippen molar-refractivity contribution in [3.63, 3.8) is 0 Å². The summed E-state index contributed by atoms with van der Waals surface area (Å²) in [6.07, 6.45) is 6.85. The van der Waals surface area contributed by atoms with Gasteiger partial charge in [0.25, 0.3) is 0 Å². The van der Waals surface area contributed by atoms with Gasteiger partial charge >= 0.3 is 0 Å². The average Bonchev–Trinajstić information content (AvgIpc) is 2.22. The topological polar surface area (TPSA) is 17.1 Å². The van der Waals surface area contributed by atoms with E-state index in [-0.39, 0.29) is 0 Å². The maximum atomic E-state index is 10.5. The molecule has 0 bridgehead atoms. The molecule has 0 spiro atoms. The molecular formula is C14H22O. The highest BCUT2D eigenvalue weighted by Gasteiger charge is 2.27. The molecule has 0 radical (unpaired) electrons. The lowest BCUT2D eigenvalue weighted by Crippen LogP contribution is -2.22. The zero-order chi connectivity index (χ0) is 11.3. The van der Waals surface area contributed by atoms with Crippen LogP contribution in [0.4, 0.5) is 0 Å². The van der Waals surface area contributed by atoms with Crippen molar-refractivity contribution in [3.05, 3.63) is 17.9 Å². The van der Waals surface area contributed by atoms with Crippen molar-refractivity contribution < 1.29 is 4.79 Å². The van der Waals surface area contributed by atoms with Crippen molar-refractivity contribution in [2.75, 3.05) is 0 Å². The van der Waals surface area contributed by atoms with Gasteiger partial charge in [-0.1, -0.05) is 39.7 Å². The molecule has 1 aliphatic carbocycles. The van der Waals surface area contributed by atoms with Gasteiger partial charge in [0.2, 0.25) is 0 Å². The zero-order valence-corrected chi connectivity index (χ0v) is 9.96. The van der Waals surface area contributed by atoms with Crippen LogP contribution in [-0.4, -0.2) is 6.29 Å². The first-order valence-electron chi connectivity index (χ1n) is 6.04. The third-order valence-electron chi connectivity index (χ3n) is 3.70. The molecule has 0 aromatic heterocycles. The molecule has 0 amide bonds. The Bertz CT molecular complexity index is 261. The maximum absolute atomic E-state index is 10.5. The van der Waals surface area contributed by atoms with Crippen LogP contribution in [-0.2, 0) is 4.79 Å². The minimum absolute atomic E-state index is 0.325. The number of hydrogen-bond donors (Lipinski definition) is 0. The third kappa shape index (κ3) is 3.07. The number of rotatable bonds is 4. The van der Waals surface area contributed by atoms with E-state index >= 15 is 0 Å². The Labute approximate surface area is 93.3 Å². The average molecular weight is 206 g/mol. The van der Waals surface area contributed by atoms with Crippen LogP contribution in [0.5, 0.6) is 0 Å². The van der Waals surface area contributed by atoms with E-state index < -0.39 is 0 Å². The summed E-state index contributed by atoms with van der Waals surface area (Å²) < 4.78 is 0. The smallest absolute Gasteiger partial charge is 0.120 e. The summed E-state index contributed by atoms with van der Waals surface area (Å²) >= 11 is 0. The highest BCUT2D eigenvalue weighted by Crippen LogP contribution is 2.37. The Morgan fingerprint density at radius 3 is 2.73 bits per heavy atom. The molecule has 3 unspecified atom stereocenters. The molecule has 1 heteroatoms. The van der Waals surface area contributed by atoms with Crippen LogP contribution in [0.1, 0.15) is 46.0 Å². The van der Waals surface area contributed by atoms with Gasteiger partial charge in [-0.15, -0.1) is 5.73 Å². The summed E-state index contributed by atoms with van der Waals surface area (Å²) in [4.78, 5) is 10.5. The summed E-state index contributed by atoms with van der Waals surface area (Å²) in [6, 6.07) is 0. The lowest BCUT2D eigenvalue weighted by atomic mass is 9.73. The van der Waals surface area contributed by atoms with E-state index in [0.717, 1.165) is 12.2 Å². The number of carbonyl (C=O) groups is 1. The molecule has 0 aromatic carbocycles. The van der Waals surface area contributed by atoms with Gasteiger partial charge in [0.1, 0.15) is 6.29 Å². The summed E-state index contributed by atoms with van der Waals surface area (Å²) in [5.74, 6) is 1.67. The lowest BCUT2D eigenvalue weighted by molar-refractivity contribution is -0.108. The lowest BCUT2D eigenvalue weighted by Gasteiger charge is -2.32. The van der Waals surface area contributed by atoms with Gasteiger partial charge in [-0.2, -0.15) is 0 Å². The highest BCUT2D eigenvalue weighted by molar-refractivity contribution is 5.50. The van der Waals surface area contributed by atoms with Crippen molar-refractivity contribution in [2.24, 2.45) is 17.8 Å². The van der Waals surface area contributed by atoms with Crippen LogP contribution in [0.25, 0.3) is 0 Å². The Balaban J connectivity index is 2.72. The van der Waals surface area contributed by atoms with Gasteiger partial charge in [-0.25, -0.2) is 0 Å². The van der Waals surface area contributed by atoms with Gasteiger partial charge < -0.3 is 4.79 Å². The molecule has 84 valence electrons. The van der Waals surface area contributed by atoms with Crippen LogP contribution in [0.2, 0.25) is 0 Å². The second kappa shape index (κ2) is 5.92. The summed E-state index contributed by atoms with van der Waals surface area (Å²) in [5.41, 5.74) is 4.38. The van der Waals surface area contributed by atoms with Crippen molar-refractivity contribution >= 4 is 6.29 Å². The number of hydrogen-bond acceptors (Lipinski definition) is 1. The van der Waals surface area contributed by atoms with E-state index in [1.165, 1.54) is 31.3 Å². The number of allylic oxidation sites excluding steroid dienone is 1. The molecule has 0 heterocycles. The SMILES string of the molecule is C=C=C(C(C)CC=O)C1CCCCC1C. The van der Waals surface area contributed by atoms with Crippen molar-refractivity contribution in [1.82, 2.24) is 0 Å². The first kappa shape index (κ1) is 12.3. The van der Waals surface area contributed by atoms with Gasteiger partial charge in [-0.3, -0.25) is 0 Å². The van der Waals surface area contributed by atoms with Crippen molar-refractivity contribution in [3.8, 4) is 0 Å². The molecule has 1 fully saturated rings. The molecule has 15 heavy (non-hydrogen) atoms. The van der Waals surface area contributed by atoms with E-state index in [1.807, 2.05) is 0 Å². The Hall–Kier alpha value is -0.810. The number of carbonyl (C=O) groups excluding carboxylic acids is 1. The Kier molecular flexibility index (Phi) is 4.84. The monoisotopic (exact) mass is 206 g/mol. The first-order chi connectivity index (χ1) is 7.20. The number of aldehydes is 1. The summed E-state index contributed by atoms with van der Waals surface area (Å²) in [6.45, 7) is 8.22. The molecule has 0 saturated heterocycles. The van der Waals surface area contributed by atoms with Crippen LogP contribution in [0.3, 0.4) is 0 Å². The molecule has 0 aliphatic heterocycles.